The SMILES string of the molecule is Cc1ccsc1C(=O)O[C@H]1CCOC1=O. The highest BCUT2D eigenvalue weighted by atomic mass is 32.1. The highest BCUT2D eigenvalue weighted by Gasteiger charge is 2.31. The number of hydrogen-bond acceptors (Lipinski definition) is 5. The topological polar surface area (TPSA) is 52.6 Å². The standard InChI is InChI=1S/C10H10O4S/c1-6-3-5-15-8(6)10(12)14-7-2-4-13-9(7)11/h3,5,7H,2,4H2,1H3/t7-/m0/s1. The molecule has 0 aromatic carbocycles. The first-order valence-corrected chi connectivity index (χ1v) is 5.48. The second-order valence-corrected chi connectivity index (χ2v) is 4.20. The monoisotopic (exact) mass is 226 g/mol. The van der Waals surface area contributed by atoms with Crippen LogP contribution in [0.3, 0.4) is 0 Å². The molecule has 0 aliphatic carbocycles. The Balaban J connectivity index is 2.04. The van der Waals surface area contributed by atoms with Crippen molar-refractivity contribution in [3.05, 3.63) is 21.9 Å². The summed E-state index contributed by atoms with van der Waals surface area (Å²) in [6.45, 7) is 2.17. The van der Waals surface area contributed by atoms with Gasteiger partial charge in [-0.05, 0) is 23.9 Å². The zero-order chi connectivity index (χ0) is 10.8. The van der Waals surface area contributed by atoms with Crippen LogP contribution in [0.5, 0.6) is 0 Å². The average Bonchev–Trinajstić information content (AvgIpc) is 2.76. The second-order valence-electron chi connectivity index (χ2n) is 3.28. The molecule has 0 saturated carbocycles. The predicted octanol–water partition coefficient (Wildman–Crippen LogP) is 1.53. The van der Waals surface area contributed by atoms with Crippen molar-refractivity contribution in [3.8, 4) is 0 Å². The molecule has 1 aliphatic heterocycles. The van der Waals surface area contributed by atoms with E-state index in [1.807, 2.05) is 18.4 Å². The third-order valence-electron chi connectivity index (χ3n) is 2.18. The second kappa shape index (κ2) is 4.02. The van der Waals surface area contributed by atoms with E-state index in [9.17, 15) is 9.59 Å². The van der Waals surface area contributed by atoms with Crippen LogP contribution in [0.1, 0.15) is 21.7 Å². The van der Waals surface area contributed by atoms with Crippen molar-refractivity contribution >= 4 is 23.3 Å². The zero-order valence-corrected chi connectivity index (χ0v) is 9.00. The van der Waals surface area contributed by atoms with Gasteiger partial charge in [-0.3, -0.25) is 0 Å². The van der Waals surface area contributed by atoms with Crippen LogP contribution in [0.4, 0.5) is 0 Å². The predicted molar refractivity (Wildman–Crippen MR) is 53.8 cm³/mol. The van der Waals surface area contributed by atoms with Crippen LogP contribution in [0.15, 0.2) is 11.4 Å². The molecule has 2 rings (SSSR count). The van der Waals surface area contributed by atoms with E-state index in [0.717, 1.165) is 5.56 Å². The van der Waals surface area contributed by atoms with E-state index in [-0.39, 0.29) is 0 Å². The molecule has 0 bridgehead atoms. The van der Waals surface area contributed by atoms with Crippen LogP contribution in [0, 0.1) is 6.92 Å². The molecule has 15 heavy (non-hydrogen) atoms. The Labute approximate surface area is 90.8 Å². The lowest BCUT2D eigenvalue weighted by Crippen LogP contribution is -2.22. The Bertz CT molecular complexity index is 396. The van der Waals surface area contributed by atoms with Gasteiger partial charge >= 0.3 is 11.9 Å². The molecule has 0 spiro atoms. The summed E-state index contributed by atoms with van der Waals surface area (Å²) in [4.78, 5) is 23.2. The molecular formula is C10H10O4S. The summed E-state index contributed by atoms with van der Waals surface area (Å²) in [7, 11) is 0. The molecular weight excluding hydrogens is 216 g/mol. The van der Waals surface area contributed by atoms with E-state index in [0.29, 0.717) is 17.9 Å². The van der Waals surface area contributed by atoms with E-state index < -0.39 is 18.0 Å². The summed E-state index contributed by atoms with van der Waals surface area (Å²) in [6.07, 6.45) is -0.270. The van der Waals surface area contributed by atoms with E-state index in [1.165, 1.54) is 11.3 Å². The fourth-order valence-corrected chi connectivity index (χ4v) is 2.16. The molecule has 1 atom stereocenters. The largest absolute Gasteiger partial charge is 0.463 e. The molecule has 0 unspecified atom stereocenters. The van der Waals surface area contributed by atoms with Crippen LogP contribution in [0.2, 0.25) is 0 Å². The molecule has 1 aliphatic rings. The van der Waals surface area contributed by atoms with Gasteiger partial charge in [-0.1, -0.05) is 0 Å². The smallest absolute Gasteiger partial charge is 0.349 e. The minimum atomic E-state index is -0.723. The molecule has 1 saturated heterocycles. The van der Waals surface area contributed by atoms with Gasteiger partial charge in [0.2, 0.25) is 6.10 Å². The Morgan fingerprint density at radius 3 is 3.00 bits per heavy atom. The fraction of sp³-hybridized carbons (Fsp3) is 0.400. The van der Waals surface area contributed by atoms with E-state index >= 15 is 0 Å². The quantitative estimate of drug-likeness (QED) is 0.717. The van der Waals surface area contributed by atoms with Crippen LogP contribution >= 0.6 is 11.3 Å². The average molecular weight is 226 g/mol. The molecule has 0 radical (unpaired) electrons. The molecule has 5 heteroatoms. The van der Waals surface area contributed by atoms with E-state index in [1.54, 1.807) is 0 Å². The van der Waals surface area contributed by atoms with Crippen molar-refractivity contribution in [2.24, 2.45) is 0 Å². The summed E-state index contributed by atoms with van der Waals surface area (Å²) in [6, 6.07) is 1.84. The molecule has 4 nitrogen and oxygen atoms in total. The fourth-order valence-electron chi connectivity index (χ4n) is 1.35. The van der Waals surface area contributed by atoms with Gasteiger partial charge in [0.25, 0.3) is 0 Å². The molecule has 80 valence electrons. The highest BCUT2D eigenvalue weighted by Crippen LogP contribution is 2.19. The summed E-state index contributed by atoms with van der Waals surface area (Å²) in [5.74, 6) is -0.885. The number of carbonyl (C=O) groups excluding carboxylic acids is 2. The van der Waals surface area contributed by atoms with Crippen molar-refractivity contribution in [1.82, 2.24) is 0 Å². The highest BCUT2D eigenvalue weighted by molar-refractivity contribution is 7.12. The molecule has 1 aromatic heterocycles. The molecule has 1 aromatic rings. The first-order valence-electron chi connectivity index (χ1n) is 4.60. The minimum Gasteiger partial charge on any atom is -0.463 e. The van der Waals surface area contributed by atoms with Crippen molar-refractivity contribution in [1.29, 1.82) is 0 Å². The van der Waals surface area contributed by atoms with Gasteiger partial charge in [0.1, 0.15) is 4.88 Å². The summed E-state index contributed by atoms with van der Waals surface area (Å²) < 4.78 is 9.75. The van der Waals surface area contributed by atoms with Crippen LogP contribution in [-0.4, -0.2) is 24.6 Å². The van der Waals surface area contributed by atoms with Gasteiger partial charge in [0.05, 0.1) is 6.61 Å². The lowest BCUT2D eigenvalue weighted by Gasteiger charge is -2.07. The maximum atomic E-state index is 11.6. The molecule has 1 fully saturated rings. The lowest BCUT2D eigenvalue weighted by molar-refractivity contribution is -0.145. The number of esters is 2. The number of ether oxygens (including phenoxy) is 2. The molecule has 0 N–H and O–H groups in total. The maximum absolute atomic E-state index is 11.6. The Kier molecular flexibility index (Phi) is 2.73. The zero-order valence-electron chi connectivity index (χ0n) is 8.19. The summed E-state index contributed by atoms with van der Waals surface area (Å²) >= 11 is 1.32. The van der Waals surface area contributed by atoms with Gasteiger partial charge in [0, 0.05) is 6.42 Å². The van der Waals surface area contributed by atoms with Crippen molar-refractivity contribution in [2.45, 2.75) is 19.4 Å². The number of hydrogen-bond donors (Lipinski definition) is 0. The van der Waals surface area contributed by atoms with Gasteiger partial charge in [-0.15, -0.1) is 11.3 Å². The lowest BCUT2D eigenvalue weighted by atomic mass is 10.3. The van der Waals surface area contributed by atoms with Gasteiger partial charge in [0.15, 0.2) is 0 Å². The number of carbonyl (C=O) groups is 2. The third-order valence-corrected chi connectivity index (χ3v) is 3.18. The van der Waals surface area contributed by atoms with Gasteiger partial charge in [-0.25, -0.2) is 9.59 Å². The number of aryl methyl sites for hydroxylation is 1. The molecule has 0 amide bonds. The maximum Gasteiger partial charge on any atom is 0.349 e. The minimum absolute atomic E-state index is 0.334. The third kappa shape index (κ3) is 2.02. The van der Waals surface area contributed by atoms with Crippen molar-refractivity contribution in [3.63, 3.8) is 0 Å². The van der Waals surface area contributed by atoms with Gasteiger partial charge < -0.3 is 9.47 Å². The summed E-state index contributed by atoms with van der Waals surface area (Å²) in [5, 5.41) is 1.82. The Morgan fingerprint density at radius 1 is 1.67 bits per heavy atom. The Hall–Kier alpha value is -1.36. The normalized spacial score (nSPS) is 20.1. The van der Waals surface area contributed by atoms with Crippen molar-refractivity contribution < 1.29 is 19.1 Å². The number of thiophene rings is 1. The van der Waals surface area contributed by atoms with Crippen LogP contribution in [-0.2, 0) is 14.3 Å². The van der Waals surface area contributed by atoms with E-state index in [4.69, 9.17) is 9.47 Å². The van der Waals surface area contributed by atoms with Crippen LogP contribution < -0.4 is 0 Å². The van der Waals surface area contributed by atoms with E-state index in [2.05, 4.69) is 0 Å². The number of rotatable bonds is 2. The van der Waals surface area contributed by atoms with Gasteiger partial charge in [-0.2, -0.15) is 0 Å². The first kappa shape index (κ1) is 10.2. The number of cyclic esters (lactones) is 1. The first-order chi connectivity index (χ1) is 7.18. The van der Waals surface area contributed by atoms with Crippen LogP contribution in [0.25, 0.3) is 0 Å². The van der Waals surface area contributed by atoms with Crippen molar-refractivity contribution in [2.75, 3.05) is 6.61 Å². The molecule has 2 heterocycles. The summed E-state index contributed by atoms with van der Waals surface area (Å²) in [5.41, 5.74) is 0.872. The Morgan fingerprint density at radius 2 is 2.47 bits per heavy atom.